The highest BCUT2D eigenvalue weighted by Gasteiger charge is 1.99. The number of rotatable bonds is 16. The molecule has 0 aromatic heterocycles. The van der Waals surface area contributed by atoms with Crippen molar-refractivity contribution in [1.82, 2.24) is 5.32 Å². The lowest BCUT2D eigenvalue weighted by atomic mass is 10.0. The van der Waals surface area contributed by atoms with Gasteiger partial charge in [0.2, 0.25) is 5.91 Å². The van der Waals surface area contributed by atoms with Gasteiger partial charge in [-0.25, -0.2) is 0 Å². The highest BCUT2D eigenvalue weighted by molar-refractivity contribution is 5.75. The molecule has 0 aliphatic carbocycles. The number of unbranched alkanes of at least 4 members (excludes halogenated alkanes) is 12. The summed E-state index contributed by atoms with van der Waals surface area (Å²) in [6, 6.07) is 0. The monoisotopic (exact) mass is 296 g/mol. The van der Waals surface area contributed by atoms with Crippen molar-refractivity contribution in [2.45, 2.75) is 103 Å². The zero-order chi connectivity index (χ0) is 15.6. The third-order valence-corrected chi connectivity index (χ3v) is 4.01. The minimum absolute atomic E-state index is 0.196. The van der Waals surface area contributed by atoms with Crippen LogP contribution in [0.3, 0.4) is 0 Å². The van der Waals surface area contributed by atoms with Gasteiger partial charge in [0.05, 0.1) is 0 Å². The summed E-state index contributed by atoms with van der Waals surface area (Å²) in [6.45, 7) is 6.71. The minimum Gasteiger partial charge on any atom is -0.356 e. The van der Waals surface area contributed by atoms with Gasteiger partial charge in [-0.05, 0) is 12.8 Å². The third-order valence-electron chi connectivity index (χ3n) is 4.01. The molecule has 1 amide bonds. The van der Waals surface area contributed by atoms with Crippen LogP contribution in [0, 0.1) is 6.92 Å². The minimum atomic E-state index is 0.196. The highest BCUT2D eigenvalue weighted by Crippen LogP contribution is 2.12. The third kappa shape index (κ3) is 17.4. The molecule has 0 spiro atoms. The Kier molecular flexibility index (Phi) is 17.1. The molecule has 0 saturated carbocycles. The van der Waals surface area contributed by atoms with Gasteiger partial charge in [-0.3, -0.25) is 4.79 Å². The largest absolute Gasteiger partial charge is 0.356 e. The van der Waals surface area contributed by atoms with E-state index in [1.807, 2.05) is 0 Å². The Balaban J connectivity index is 3.04. The maximum atomic E-state index is 11.4. The summed E-state index contributed by atoms with van der Waals surface area (Å²) < 4.78 is 0. The van der Waals surface area contributed by atoms with Crippen molar-refractivity contribution in [2.75, 3.05) is 6.54 Å². The number of carbonyl (C=O) groups excluding carboxylic acids is 1. The first-order valence-corrected chi connectivity index (χ1v) is 9.37. The molecule has 0 bridgehead atoms. The second kappa shape index (κ2) is 17.5. The first-order chi connectivity index (χ1) is 10.3. The topological polar surface area (TPSA) is 29.1 Å². The highest BCUT2D eigenvalue weighted by atomic mass is 16.1. The quantitative estimate of drug-likeness (QED) is 0.358. The van der Waals surface area contributed by atoms with Gasteiger partial charge in [0.25, 0.3) is 0 Å². The summed E-state index contributed by atoms with van der Waals surface area (Å²) in [5.74, 6) is 0.196. The average molecular weight is 297 g/mol. The Bertz CT molecular complexity index is 216. The van der Waals surface area contributed by atoms with E-state index in [1.54, 1.807) is 0 Å². The maximum absolute atomic E-state index is 11.4. The van der Waals surface area contributed by atoms with Crippen molar-refractivity contribution in [3.05, 3.63) is 6.92 Å². The molecular formula is C19H38NO. The summed E-state index contributed by atoms with van der Waals surface area (Å²) in [5.41, 5.74) is 0. The van der Waals surface area contributed by atoms with E-state index in [2.05, 4.69) is 19.2 Å². The van der Waals surface area contributed by atoms with E-state index in [0.29, 0.717) is 6.42 Å². The SMILES string of the molecule is [CH2]CCNC(=O)CCCCCCCCCCCCCCC. The van der Waals surface area contributed by atoms with Crippen molar-refractivity contribution in [3.8, 4) is 0 Å². The van der Waals surface area contributed by atoms with Crippen molar-refractivity contribution in [2.24, 2.45) is 0 Å². The van der Waals surface area contributed by atoms with Crippen LogP contribution < -0.4 is 5.32 Å². The summed E-state index contributed by atoms with van der Waals surface area (Å²) in [7, 11) is 0. The molecule has 21 heavy (non-hydrogen) atoms. The first kappa shape index (κ1) is 20.5. The van der Waals surface area contributed by atoms with Gasteiger partial charge >= 0.3 is 0 Å². The zero-order valence-electron chi connectivity index (χ0n) is 14.4. The molecule has 0 fully saturated rings. The Hall–Kier alpha value is -0.530. The van der Waals surface area contributed by atoms with Gasteiger partial charge in [-0.1, -0.05) is 90.9 Å². The summed E-state index contributed by atoms with van der Waals surface area (Å²) in [4.78, 5) is 11.4. The molecule has 125 valence electrons. The molecular weight excluding hydrogens is 258 g/mol. The fourth-order valence-corrected chi connectivity index (χ4v) is 2.62. The van der Waals surface area contributed by atoms with Crippen molar-refractivity contribution >= 4 is 5.91 Å². The first-order valence-electron chi connectivity index (χ1n) is 9.37. The van der Waals surface area contributed by atoms with Crippen LogP contribution in [-0.2, 0) is 4.79 Å². The predicted octanol–water partition coefficient (Wildman–Crippen LogP) is 5.81. The number of hydrogen-bond acceptors (Lipinski definition) is 1. The molecule has 0 aliphatic rings. The molecule has 0 atom stereocenters. The molecule has 0 aromatic rings. The fraction of sp³-hybridized carbons (Fsp3) is 0.895. The van der Waals surface area contributed by atoms with Gasteiger partial charge in [-0.15, -0.1) is 0 Å². The standard InChI is InChI=1S/C19H38NO/c1-3-5-6-7-8-9-10-11-12-13-14-15-16-17-19(21)20-18-4-2/h2-18H2,1H3,(H,20,21). The number of hydrogen-bond donors (Lipinski definition) is 1. The van der Waals surface area contributed by atoms with Crippen LogP contribution in [-0.4, -0.2) is 12.5 Å². The number of nitrogens with one attached hydrogen (secondary N) is 1. The second-order valence-corrected chi connectivity index (χ2v) is 6.20. The van der Waals surface area contributed by atoms with Gasteiger partial charge in [0.15, 0.2) is 0 Å². The molecule has 2 heteroatoms. The average Bonchev–Trinajstić information content (AvgIpc) is 2.49. The Labute approximate surface area is 133 Å². The molecule has 1 radical (unpaired) electrons. The molecule has 0 saturated heterocycles. The number of amides is 1. The lowest BCUT2D eigenvalue weighted by Gasteiger charge is -2.04. The van der Waals surface area contributed by atoms with E-state index >= 15 is 0 Å². The van der Waals surface area contributed by atoms with Crippen LogP contribution in [0.1, 0.15) is 103 Å². The van der Waals surface area contributed by atoms with E-state index in [-0.39, 0.29) is 5.91 Å². The summed E-state index contributed by atoms with van der Waals surface area (Å²) >= 11 is 0. The summed E-state index contributed by atoms with van der Waals surface area (Å²) in [6.07, 6.45) is 19.0. The Morgan fingerprint density at radius 1 is 0.762 bits per heavy atom. The smallest absolute Gasteiger partial charge is 0.219 e. The predicted molar refractivity (Wildman–Crippen MR) is 93.3 cm³/mol. The van der Waals surface area contributed by atoms with Crippen LogP contribution in [0.2, 0.25) is 0 Å². The van der Waals surface area contributed by atoms with Gasteiger partial charge in [0, 0.05) is 13.0 Å². The molecule has 0 rings (SSSR count). The van der Waals surface area contributed by atoms with Crippen molar-refractivity contribution in [3.63, 3.8) is 0 Å². The van der Waals surface area contributed by atoms with E-state index in [9.17, 15) is 4.79 Å². The van der Waals surface area contributed by atoms with E-state index < -0.39 is 0 Å². The molecule has 0 unspecified atom stereocenters. The van der Waals surface area contributed by atoms with Gasteiger partial charge in [-0.2, -0.15) is 0 Å². The summed E-state index contributed by atoms with van der Waals surface area (Å²) in [5, 5.41) is 2.87. The van der Waals surface area contributed by atoms with Crippen LogP contribution >= 0.6 is 0 Å². The zero-order valence-corrected chi connectivity index (χ0v) is 14.4. The Morgan fingerprint density at radius 2 is 1.19 bits per heavy atom. The van der Waals surface area contributed by atoms with Crippen LogP contribution in [0.4, 0.5) is 0 Å². The fourth-order valence-electron chi connectivity index (χ4n) is 2.62. The van der Waals surface area contributed by atoms with Gasteiger partial charge in [0.1, 0.15) is 0 Å². The van der Waals surface area contributed by atoms with Gasteiger partial charge < -0.3 is 5.32 Å². The van der Waals surface area contributed by atoms with E-state index in [4.69, 9.17) is 0 Å². The van der Waals surface area contributed by atoms with E-state index in [0.717, 1.165) is 19.4 Å². The normalized spacial score (nSPS) is 10.8. The molecule has 1 N–H and O–H groups in total. The molecule has 0 aliphatic heterocycles. The van der Waals surface area contributed by atoms with Crippen LogP contribution in [0.25, 0.3) is 0 Å². The molecule has 2 nitrogen and oxygen atoms in total. The van der Waals surface area contributed by atoms with Crippen LogP contribution in [0.15, 0.2) is 0 Å². The molecule has 0 aromatic carbocycles. The van der Waals surface area contributed by atoms with E-state index in [1.165, 1.54) is 77.0 Å². The number of carbonyl (C=O) groups is 1. The van der Waals surface area contributed by atoms with Crippen molar-refractivity contribution in [1.29, 1.82) is 0 Å². The van der Waals surface area contributed by atoms with Crippen molar-refractivity contribution < 1.29 is 4.79 Å². The Morgan fingerprint density at radius 3 is 1.62 bits per heavy atom. The lowest BCUT2D eigenvalue weighted by molar-refractivity contribution is -0.121. The van der Waals surface area contributed by atoms with Crippen LogP contribution in [0.5, 0.6) is 0 Å². The lowest BCUT2D eigenvalue weighted by Crippen LogP contribution is -2.23. The molecule has 0 heterocycles. The maximum Gasteiger partial charge on any atom is 0.219 e. The second-order valence-electron chi connectivity index (χ2n) is 6.20.